The van der Waals surface area contributed by atoms with Gasteiger partial charge in [-0.05, 0) is 120 Å². The summed E-state index contributed by atoms with van der Waals surface area (Å²) in [4.78, 5) is 26.6. The van der Waals surface area contributed by atoms with Crippen LogP contribution in [0.4, 0.5) is 5.69 Å². The molecule has 2 atom stereocenters. The SMILES string of the molecule is Cc1cc(Cl)ccc1-c1ccc(NC(=O)[C@H](Cc2ccc(C(=O)NCC[SH+](=O)O)cc2)c2cccc(C3CCC(C)(C)CC3)c2)cc1. The topological polar surface area (TPSA) is 95.5 Å². The largest absolute Gasteiger partial charge is 0.347 e. The van der Waals surface area contributed by atoms with Crippen molar-refractivity contribution < 1.29 is 18.4 Å². The fraction of sp³-hybridized carbons (Fsp3) is 0.333. The van der Waals surface area contributed by atoms with E-state index in [1.165, 1.54) is 18.4 Å². The standard InChI is InChI=1S/C39H43ClN2O4S/c1-26-23-33(40)13-16-35(26)29-11-14-34(15-12-29)42-38(44)36(24-27-7-9-30(10-8-27)37(43)41-21-22-47(45)46)32-6-4-5-31(25-32)28-17-19-39(2,3)20-18-28/h4-16,23,25,28,36H,17-22,24H2,1-3H3,(H,41,43)(H,42,44)(H,45,46)/p+1/t36-/m1/s1. The molecule has 1 aliphatic carbocycles. The molecule has 0 saturated heterocycles. The molecule has 1 unspecified atom stereocenters. The first-order valence-electron chi connectivity index (χ1n) is 16.3. The van der Waals surface area contributed by atoms with Crippen molar-refractivity contribution in [2.45, 2.75) is 64.7 Å². The van der Waals surface area contributed by atoms with Crippen molar-refractivity contribution in [2.24, 2.45) is 5.41 Å². The van der Waals surface area contributed by atoms with Gasteiger partial charge >= 0.3 is 0 Å². The molecule has 5 rings (SSSR count). The number of hydrogen-bond acceptors (Lipinski definition) is 3. The number of amides is 2. The minimum Gasteiger partial charge on any atom is -0.347 e. The maximum absolute atomic E-state index is 14.1. The number of carbonyl (C=O) groups excluding carboxylic acids is 2. The van der Waals surface area contributed by atoms with Crippen molar-refractivity contribution in [1.82, 2.24) is 5.32 Å². The van der Waals surface area contributed by atoms with E-state index in [4.69, 9.17) is 16.2 Å². The van der Waals surface area contributed by atoms with Gasteiger partial charge in [-0.15, -0.1) is 0 Å². The molecule has 8 heteroatoms. The van der Waals surface area contributed by atoms with Gasteiger partial charge < -0.3 is 10.6 Å². The molecule has 6 nitrogen and oxygen atoms in total. The Kier molecular flexibility index (Phi) is 11.3. The van der Waals surface area contributed by atoms with Gasteiger partial charge in [-0.25, -0.2) is 0 Å². The van der Waals surface area contributed by atoms with Crippen LogP contribution in [0.2, 0.25) is 5.02 Å². The van der Waals surface area contributed by atoms with Gasteiger partial charge in [0.05, 0.1) is 12.5 Å². The minimum atomic E-state index is -2.30. The van der Waals surface area contributed by atoms with Crippen molar-refractivity contribution in [3.63, 3.8) is 0 Å². The summed E-state index contributed by atoms with van der Waals surface area (Å²) < 4.78 is 19.9. The highest BCUT2D eigenvalue weighted by Crippen LogP contribution is 2.43. The predicted octanol–water partition coefficient (Wildman–Crippen LogP) is 8.86. The lowest BCUT2D eigenvalue weighted by atomic mass is 9.71. The lowest BCUT2D eigenvalue weighted by Gasteiger charge is -2.34. The Morgan fingerprint density at radius 3 is 2.32 bits per heavy atom. The first kappa shape index (κ1) is 34.6. The molecule has 0 spiro atoms. The fourth-order valence-electron chi connectivity index (χ4n) is 6.43. The van der Waals surface area contributed by atoms with Gasteiger partial charge in [0.15, 0.2) is 5.75 Å². The molecule has 1 saturated carbocycles. The zero-order valence-electron chi connectivity index (χ0n) is 27.3. The second kappa shape index (κ2) is 15.4. The Bertz CT molecular complexity index is 1730. The van der Waals surface area contributed by atoms with E-state index in [-0.39, 0.29) is 24.1 Å². The minimum absolute atomic E-state index is 0.0110. The van der Waals surface area contributed by atoms with E-state index in [1.807, 2.05) is 67.6 Å². The number of rotatable bonds is 11. The summed E-state index contributed by atoms with van der Waals surface area (Å²) in [6, 6.07) is 29.4. The molecule has 2 amide bonds. The van der Waals surface area contributed by atoms with Crippen LogP contribution in [0.3, 0.4) is 0 Å². The molecule has 4 aromatic carbocycles. The van der Waals surface area contributed by atoms with Crippen LogP contribution in [-0.2, 0) is 26.5 Å². The van der Waals surface area contributed by atoms with Crippen LogP contribution in [0.5, 0.6) is 0 Å². The molecule has 0 aromatic heterocycles. The summed E-state index contributed by atoms with van der Waals surface area (Å²) in [6.45, 7) is 6.85. The second-order valence-electron chi connectivity index (χ2n) is 13.4. The van der Waals surface area contributed by atoms with Crippen molar-refractivity contribution in [2.75, 3.05) is 17.6 Å². The fourth-order valence-corrected chi connectivity index (χ4v) is 6.96. The van der Waals surface area contributed by atoms with Crippen LogP contribution in [0.25, 0.3) is 11.1 Å². The van der Waals surface area contributed by atoms with Crippen LogP contribution < -0.4 is 10.6 Å². The maximum Gasteiger partial charge on any atom is 0.251 e. The van der Waals surface area contributed by atoms with Crippen LogP contribution in [0, 0.1) is 12.3 Å². The highest BCUT2D eigenvalue weighted by Gasteiger charge is 2.29. The van der Waals surface area contributed by atoms with Gasteiger partial charge in [-0.1, -0.05) is 84.3 Å². The average molecular weight is 672 g/mol. The van der Waals surface area contributed by atoms with Crippen LogP contribution in [0.1, 0.15) is 84.0 Å². The normalized spacial score (nSPS) is 15.9. The highest BCUT2D eigenvalue weighted by molar-refractivity contribution is 7.79. The molecule has 246 valence electrons. The number of hydrogen-bond donors (Lipinski definition) is 3. The van der Waals surface area contributed by atoms with Crippen LogP contribution >= 0.6 is 11.6 Å². The van der Waals surface area contributed by atoms with Crippen molar-refractivity contribution in [3.05, 3.63) is 124 Å². The third-order valence-electron chi connectivity index (χ3n) is 9.34. The number of benzene rings is 4. The zero-order valence-corrected chi connectivity index (χ0v) is 28.9. The lowest BCUT2D eigenvalue weighted by Crippen LogP contribution is -2.27. The first-order valence-corrected chi connectivity index (χ1v) is 18.0. The highest BCUT2D eigenvalue weighted by atomic mass is 35.5. The third-order valence-corrected chi connectivity index (χ3v) is 10.2. The summed E-state index contributed by atoms with van der Waals surface area (Å²) in [5.41, 5.74) is 7.96. The van der Waals surface area contributed by atoms with Gasteiger partial charge in [-0.2, -0.15) is 4.55 Å². The van der Waals surface area contributed by atoms with E-state index < -0.39 is 17.0 Å². The van der Waals surface area contributed by atoms with Gasteiger partial charge in [0.25, 0.3) is 5.91 Å². The smallest absolute Gasteiger partial charge is 0.251 e. The van der Waals surface area contributed by atoms with Gasteiger partial charge in [0, 0.05) is 16.3 Å². The van der Waals surface area contributed by atoms with Crippen LogP contribution in [0.15, 0.2) is 91.0 Å². The summed E-state index contributed by atoms with van der Waals surface area (Å²) >= 11 is 3.86. The molecule has 1 aliphatic rings. The van der Waals surface area contributed by atoms with Crippen molar-refractivity contribution in [3.8, 4) is 11.1 Å². The quantitative estimate of drug-likeness (QED) is 0.110. The van der Waals surface area contributed by atoms with Crippen molar-refractivity contribution >= 4 is 40.2 Å². The van der Waals surface area contributed by atoms with Crippen LogP contribution in [-0.4, -0.2) is 28.7 Å². The Morgan fingerprint density at radius 1 is 0.957 bits per heavy atom. The number of anilines is 1. The van der Waals surface area contributed by atoms with Gasteiger partial charge in [0.1, 0.15) is 0 Å². The molecule has 1 fully saturated rings. The van der Waals surface area contributed by atoms with E-state index in [0.717, 1.165) is 46.3 Å². The van der Waals surface area contributed by atoms with Gasteiger partial charge in [-0.3, -0.25) is 9.59 Å². The Morgan fingerprint density at radius 2 is 1.66 bits per heavy atom. The summed E-state index contributed by atoms with van der Waals surface area (Å²) in [7, 11) is 0. The number of aryl methyl sites for hydroxylation is 1. The molecule has 0 heterocycles. The average Bonchev–Trinajstić information content (AvgIpc) is 3.04. The zero-order chi connectivity index (χ0) is 33.6. The molecule has 0 radical (unpaired) electrons. The molecular weight excluding hydrogens is 628 g/mol. The van der Waals surface area contributed by atoms with E-state index in [0.29, 0.717) is 28.3 Å². The molecule has 0 bridgehead atoms. The third kappa shape index (κ3) is 9.40. The van der Waals surface area contributed by atoms with E-state index in [1.54, 1.807) is 12.1 Å². The van der Waals surface area contributed by atoms with E-state index in [9.17, 15) is 13.8 Å². The van der Waals surface area contributed by atoms with Crippen molar-refractivity contribution in [1.29, 1.82) is 0 Å². The molecule has 0 aliphatic heterocycles. The Balaban J connectivity index is 1.36. The first-order chi connectivity index (χ1) is 22.5. The monoisotopic (exact) mass is 671 g/mol. The van der Waals surface area contributed by atoms with E-state index in [2.05, 4.69) is 42.7 Å². The Hall–Kier alpha value is -3.78. The van der Waals surface area contributed by atoms with Gasteiger partial charge in [0.2, 0.25) is 17.0 Å². The Labute approximate surface area is 285 Å². The molecule has 4 aromatic rings. The predicted molar refractivity (Wildman–Crippen MR) is 194 cm³/mol. The molecule has 47 heavy (non-hydrogen) atoms. The molecule has 3 N–H and O–H groups in total. The number of nitrogens with one attached hydrogen (secondary N) is 2. The number of carbonyl (C=O) groups is 2. The summed E-state index contributed by atoms with van der Waals surface area (Å²) in [5.74, 6) is -0.353. The maximum atomic E-state index is 14.1. The molecular formula is C39H44ClN2O4S+. The number of thiol groups is 1. The second-order valence-corrected chi connectivity index (χ2v) is 15.0. The lowest BCUT2D eigenvalue weighted by molar-refractivity contribution is -0.117. The summed E-state index contributed by atoms with van der Waals surface area (Å²) in [5, 5.41) is 6.54. The van der Waals surface area contributed by atoms with E-state index >= 15 is 0 Å². The number of halogens is 1. The summed E-state index contributed by atoms with van der Waals surface area (Å²) in [6.07, 6.45) is 5.13.